The fourth-order valence-corrected chi connectivity index (χ4v) is 3.55. The van der Waals surface area contributed by atoms with Crippen LogP contribution in [0.1, 0.15) is 42.2 Å². The third kappa shape index (κ3) is 2.85. The Kier molecular flexibility index (Phi) is 4.16. The van der Waals surface area contributed by atoms with Gasteiger partial charge in [0.2, 0.25) is 0 Å². The molecule has 0 saturated heterocycles. The van der Waals surface area contributed by atoms with Crippen LogP contribution in [0.3, 0.4) is 0 Å². The van der Waals surface area contributed by atoms with Crippen LogP contribution in [0.25, 0.3) is 11.1 Å². The SMILES string of the molecule is CNC(=O)c1cccc(CC(=O)c2cccc3c2C(=O)c2ccccc2-3)c1. The largest absolute Gasteiger partial charge is 0.355 e. The zero-order chi connectivity index (χ0) is 19.0. The highest BCUT2D eigenvalue weighted by atomic mass is 16.1. The average Bonchev–Trinajstić information content (AvgIpc) is 3.00. The third-order valence-electron chi connectivity index (χ3n) is 4.83. The van der Waals surface area contributed by atoms with Crippen LogP contribution in [-0.4, -0.2) is 24.5 Å². The van der Waals surface area contributed by atoms with E-state index in [0.717, 1.165) is 16.7 Å². The van der Waals surface area contributed by atoms with E-state index in [1.165, 1.54) is 0 Å². The molecule has 4 nitrogen and oxygen atoms in total. The minimum absolute atomic E-state index is 0.108. The van der Waals surface area contributed by atoms with E-state index in [-0.39, 0.29) is 23.9 Å². The summed E-state index contributed by atoms with van der Waals surface area (Å²) in [5, 5.41) is 2.57. The van der Waals surface area contributed by atoms with Gasteiger partial charge in [-0.25, -0.2) is 0 Å². The molecule has 27 heavy (non-hydrogen) atoms. The number of amides is 1. The molecule has 0 radical (unpaired) electrons. The Morgan fingerprint density at radius 1 is 0.852 bits per heavy atom. The van der Waals surface area contributed by atoms with E-state index in [2.05, 4.69) is 5.32 Å². The highest BCUT2D eigenvalue weighted by molar-refractivity contribution is 6.26. The Hall–Kier alpha value is -3.53. The molecule has 3 aromatic rings. The number of carbonyl (C=O) groups excluding carboxylic acids is 3. The molecular weight excluding hydrogens is 338 g/mol. The van der Waals surface area contributed by atoms with Crippen LogP contribution in [-0.2, 0) is 6.42 Å². The van der Waals surface area contributed by atoms with Gasteiger partial charge in [-0.15, -0.1) is 0 Å². The first-order valence-corrected chi connectivity index (χ1v) is 8.71. The number of carbonyl (C=O) groups is 3. The van der Waals surface area contributed by atoms with E-state index in [4.69, 9.17) is 0 Å². The number of nitrogens with one attached hydrogen (secondary N) is 1. The Balaban J connectivity index is 1.69. The molecule has 3 aromatic carbocycles. The van der Waals surface area contributed by atoms with E-state index < -0.39 is 0 Å². The normalized spacial score (nSPS) is 11.7. The van der Waals surface area contributed by atoms with Crippen molar-refractivity contribution in [1.82, 2.24) is 5.32 Å². The van der Waals surface area contributed by atoms with Crippen LogP contribution in [0.5, 0.6) is 0 Å². The predicted molar refractivity (Wildman–Crippen MR) is 103 cm³/mol. The summed E-state index contributed by atoms with van der Waals surface area (Å²) in [5.74, 6) is -0.443. The fourth-order valence-electron chi connectivity index (χ4n) is 3.55. The van der Waals surface area contributed by atoms with Gasteiger partial charge in [-0.2, -0.15) is 0 Å². The molecule has 0 saturated carbocycles. The van der Waals surface area contributed by atoms with Gasteiger partial charge in [-0.05, 0) is 28.8 Å². The number of ketones is 2. The lowest BCUT2D eigenvalue weighted by Gasteiger charge is -2.08. The van der Waals surface area contributed by atoms with Crippen molar-refractivity contribution >= 4 is 17.5 Å². The van der Waals surface area contributed by atoms with E-state index in [0.29, 0.717) is 22.3 Å². The topological polar surface area (TPSA) is 63.2 Å². The lowest BCUT2D eigenvalue weighted by molar-refractivity contribution is 0.0959. The summed E-state index contributed by atoms with van der Waals surface area (Å²) in [6, 6.07) is 19.8. The van der Waals surface area contributed by atoms with Gasteiger partial charge in [-0.1, -0.05) is 54.6 Å². The smallest absolute Gasteiger partial charge is 0.251 e. The molecule has 0 bridgehead atoms. The summed E-state index contributed by atoms with van der Waals surface area (Å²) in [7, 11) is 1.57. The lowest BCUT2D eigenvalue weighted by atomic mass is 9.94. The Morgan fingerprint density at radius 3 is 2.33 bits per heavy atom. The molecule has 0 aliphatic heterocycles. The minimum Gasteiger partial charge on any atom is -0.355 e. The standard InChI is InChI=1S/C23H17NO3/c1-24-23(27)15-7-4-6-14(12-15)13-20(25)19-11-5-10-17-16-8-2-3-9-18(16)22(26)21(17)19/h2-12H,13H2,1H3,(H,24,27). The number of Topliss-reactive ketones (excluding diaryl/α,β-unsaturated/α-hetero) is 1. The first-order valence-electron chi connectivity index (χ1n) is 8.71. The van der Waals surface area contributed by atoms with Crippen molar-refractivity contribution in [2.45, 2.75) is 6.42 Å². The summed E-state index contributed by atoms with van der Waals surface area (Å²) in [6.07, 6.45) is 0.130. The third-order valence-corrected chi connectivity index (χ3v) is 4.83. The maximum absolute atomic E-state index is 13.0. The predicted octanol–water partition coefficient (Wildman–Crippen LogP) is 3.68. The van der Waals surface area contributed by atoms with E-state index in [9.17, 15) is 14.4 Å². The highest BCUT2D eigenvalue weighted by Crippen LogP contribution is 2.38. The molecule has 132 valence electrons. The minimum atomic E-state index is -0.199. The van der Waals surface area contributed by atoms with E-state index >= 15 is 0 Å². The monoisotopic (exact) mass is 355 g/mol. The first kappa shape index (κ1) is 16.9. The van der Waals surface area contributed by atoms with Crippen molar-refractivity contribution in [3.63, 3.8) is 0 Å². The van der Waals surface area contributed by atoms with Crippen molar-refractivity contribution in [3.8, 4) is 11.1 Å². The van der Waals surface area contributed by atoms with E-state index in [1.54, 1.807) is 37.4 Å². The van der Waals surface area contributed by atoms with Crippen LogP contribution in [0.4, 0.5) is 0 Å². The number of fused-ring (bicyclic) bond motifs is 3. The van der Waals surface area contributed by atoms with Crippen LogP contribution < -0.4 is 5.32 Å². The fraction of sp³-hybridized carbons (Fsp3) is 0.0870. The van der Waals surface area contributed by atoms with E-state index in [1.807, 2.05) is 36.4 Å². The van der Waals surface area contributed by atoms with Gasteiger partial charge >= 0.3 is 0 Å². The van der Waals surface area contributed by atoms with Crippen molar-refractivity contribution in [1.29, 1.82) is 0 Å². The molecule has 0 fully saturated rings. The molecule has 0 aromatic heterocycles. The van der Waals surface area contributed by atoms with Gasteiger partial charge in [0, 0.05) is 35.7 Å². The van der Waals surface area contributed by atoms with Gasteiger partial charge in [-0.3, -0.25) is 14.4 Å². The Bertz CT molecular complexity index is 1100. The van der Waals surface area contributed by atoms with Gasteiger partial charge in [0.15, 0.2) is 11.6 Å². The number of hydrogen-bond donors (Lipinski definition) is 1. The van der Waals surface area contributed by atoms with Gasteiger partial charge in [0.1, 0.15) is 0 Å². The molecule has 4 heteroatoms. The average molecular weight is 355 g/mol. The molecule has 1 aliphatic carbocycles. The van der Waals surface area contributed by atoms with Crippen molar-refractivity contribution in [2.75, 3.05) is 7.05 Å². The van der Waals surface area contributed by atoms with Crippen molar-refractivity contribution in [2.24, 2.45) is 0 Å². The maximum Gasteiger partial charge on any atom is 0.251 e. The molecule has 4 rings (SSSR count). The molecule has 1 amide bonds. The Morgan fingerprint density at radius 2 is 1.56 bits per heavy atom. The second kappa shape index (κ2) is 6.65. The van der Waals surface area contributed by atoms with Gasteiger partial charge in [0.25, 0.3) is 5.91 Å². The molecule has 1 aliphatic rings. The second-order valence-corrected chi connectivity index (χ2v) is 6.48. The van der Waals surface area contributed by atoms with Crippen LogP contribution in [0, 0.1) is 0 Å². The molecule has 1 N–H and O–H groups in total. The number of hydrogen-bond acceptors (Lipinski definition) is 3. The number of benzene rings is 3. The zero-order valence-corrected chi connectivity index (χ0v) is 14.8. The van der Waals surface area contributed by atoms with Gasteiger partial charge < -0.3 is 5.32 Å². The zero-order valence-electron chi connectivity index (χ0n) is 14.8. The van der Waals surface area contributed by atoms with Crippen LogP contribution in [0.15, 0.2) is 66.7 Å². The molecular formula is C23H17NO3. The molecule has 0 spiro atoms. The molecule has 0 heterocycles. The summed E-state index contributed by atoms with van der Waals surface area (Å²) in [5.41, 5.74) is 4.46. The summed E-state index contributed by atoms with van der Waals surface area (Å²) < 4.78 is 0. The number of rotatable bonds is 4. The van der Waals surface area contributed by atoms with Crippen molar-refractivity contribution < 1.29 is 14.4 Å². The van der Waals surface area contributed by atoms with Crippen LogP contribution >= 0.6 is 0 Å². The Labute approximate surface area is 156 Å². The summed E-state index contributed by atoms with van der Waals surface area (Å²) in [4.78, 5) is 37.6. The van der Waals surface area contributed by atoms with Crippen molar-refractivity contribution in [3.05, 3.63) is 94.5 Å². The quantitative estimate of drug-likeness (QED) is 0.568. The van der Waals surface area contributed by atoms with Gasteiger partial charge in [0.05, 0.1) is 0 Å². The molecule has 0 unspecified atom stereocenters. The lowest BCUT2D eigenvalue weighted by Crippen LogP contribution is -2.18. The maximum atomic E-state index is 13.0. The highest BCUT2D eigenvalue weighted by Gasteiger charge is 2.30. The molecule has 0 atom stereocenters. The second-order valence-electron chi connectivity index (χ2n) is 6.48. The summed E-state index contributed by atoms with van der Waals surface area (Å²) in [6.45, 7) is 0. The first-order chi connectivity index (χ1) is 13.1. The summed E-state index contributed by atoms with van der Waals surface area (Å²) >= 11 is 0. The van der Waals surface area contributed by atoms with Crippen LogP contribution in [0.2, 0.25) is 0 Å².